The van der Waals surface area contributed by atoms with Crippen LogP contribution in [0.1, 0.15) is 19.8 Å². The Kier molecular flexibility index (Phi) is 3.80. The van der Waals surface area contributed by atoms with E-state index in [9.17, 15) is 8.42 Å². The minimum absolute atomic E-state index is 0.234. The van der Waals surface area contributed by atoms with E-state index in [0.29, 0.717) is 13.1 Å². The first-order valence-corrected chi connectivity index (χ1v) is 7.36. The smallest absolute Gasteiger partial charge is 0.257 e. The largest absolute Gasteiger partial charge is 0.313 e. The van der Waals surface area contributed by atoms with Gasteiger partial charge < -0.3 is 5.32 Å². The number of aromatic nitrogens is 2. The zero-order chi connectivity index (χ0) is 12.3. The second-order valence-corrected chi connectivity index (χ2v) is 5.84. The van der Waals surface area contributed by atoms with E-state index in [1.165, 1.54) is 16.9 Å². The van der Waals surface area contributed by atoms with E-state index in [2.05, 4.69) is 15.1 Å². The quantitative estimate of drug-likeness (QED) is 0.775. The zero-order valence-electron chi connectivity index (χ0n) is 9.89. The Labute approximate surface area is 101 Å². The van der Waals surface area contributed by atoms with Crippen LogP contribution in [0.5, 0.6) is 0 Å². The lowest BCUT2D eigenvalue weighted by Crippen LogP contribution is -2.37. The third-order valence-electron chi connectivity index (χ3n) is 2.93. The van der Waals surface area contributed by atoms with Crippen LogP contribution in [0, 0.1) is 0 Å². The minimum atomic E-state index is -3.44. The van der Waals surface area contributed by atoms with Gasteiger partial charge in [0.1, 0.15) is 0 Å². The lowest BCUT2D eigenvalue weighted by atomic mass is 10.2. The van der Waals surface area contributed by atoms with Crippen molar-refractivity contribution in [3.63, 3.8) is 0 Å². The predicted molar refractivity (Wildman–Crippen MR) is 64.1 cm³/mol. The summed E-state index contributed by atoms with van der Waals surface area (Å²) >= 11 is 0. The monoisotopic (exact) mass is 258 g/mol. The third-order valence-corrected chi connectivity index (χ3v) is 4.38. The van der Waals surface area contributed by atoms with Crippen molar-refractivity contribution in [3.8, 4) is 0 Å². The van der Waals surface area contributed by atoms with Crippen LogP contribution in [0.2, 0.25) is 0 Å². The molecule has 96 valence electrons. The molecule has 0 radical (unpaired) electrons. The van der Waals surface area contributed by atoms with Crippen LogP contribution < -0.4 is 10.0 Å². The summed E-state index contributed by atoms with van der Waals surface area (Å²) < 4.78 is 28.2. The highest BCUT2D eigenvalue weighted by atomic mass is 32.2. The number of sulfonamides is 1. The minimum Gasteiger partial charge on any atom is -0.313 e. The standard InChI is InChI=1S/C10H18N4O2S/c1-2-14-10(5-7-12-14)17(15,16)13-8-9-4-3-6-11-9/h5,7,9,11,13H,2-4,6,8H2,1H3. The average Bonchev–Trinajstić information content (AvgIpc) is 2.97. The molecule has 6 nitrogen and oxygen atoms in total. The molecule has 0 saturated carbocycles. The molecule has 0 aliphatic carbocycles. The van der Waals surface area contributed by atoms with E-state index in [4.69, 9.17) is 0 Å². The Balaban J connectivity index is 2.03. The van der Waals surface area contributed by atoms with Crippen LogP contribution in [0.15, 0.2) is 17.3 Å². The molecular weight excluding hydrogens is 240 g/mol. The number of nitrogens with zero attached hydrogens (tertiary/aromatic N) is 2. The van der Waals surface area contributed by atoms with Crippen molar-refractivity contribution in [2.75, 3.05) is 13.1 Å². The Morgan fingerprint density at radius 1 is 1.65 bits per heavy atom. The molecule has 7 heteroatoms. The van der Waals surface area contributed by atoms with Crippen LogP contribution in [-0.4, -0.2) is 37.3 Å². The van der Waals surface area contributed by atoms with Crippen LogP contribution in [0.25, 0.3) is 0 Å². The van der Waals surface area contributed by atoms with Crippen molar-refractivity contribution >= 4 is 10.0 Å². The van der Waals surface area contributed by atoms with Gasteiger partial charge in [0, 0.05) is 19.1 Å². The van der Waals surface area contributed by atoms with Crippen molar-refractivity contribution in [3.05, 3.63) is 12.3 Å². The van der Waals surface area contributed by atoms with Gasteiger partial charge in [0.05, 0.1) is 6.20 Å². The summed E-state index contributed by atoms with van der Waals surface area (Å²) in [4.78, 5) is 0. The van der Waals surface area contributed by atoms with E-state index in [-0.39, 0.29) is 11.1 Å². The van der Waals surface area contributed by atoms with E-state index in [1.807, 2.05) is 6.92 Å². The number of nitrogens with one attached hydrogen (secondary N) is 2. The van der Waals surface area contributed by atoms with Gasteiger partial charge in [0.2, 0.25) is 0 Å². The van der Waals surface area contributed by atoms with Gasteiger partial charge in [-0.05, 0) is 32.4 Å². The molecule has 1 aliphatic rings. The maximum Gasteiger partial charge on any atom is 0.257 e. The summed E-state index contributed by atoms with van der Waals surface area (Å²) in [6, 6.07) is 1.77. The molecule has 1 aromatic heterocycles. The van der Waals surface area contributed by atoms with Gasteiger partial charge in [-0.1, -0.05) is 0 Å². The van der Waals surface area contributed by atoms with Gasteiger partial charge in [-0.25, -0.2) is 13.1 Å². The molecule has 17 heavy (non-hydrogen) atoms. The number of aryl methyl sites for hydroxylation is 1. The first-order valence-electron chi connectivity index (χ1n) is 5.88. The molecular formula is C10H18N4O2S. The Morgan fingerprint density at radius 3 is 3.12 bits per heavy atom. The molecule has 1 unspecified atom stereocenters. The van der Waals surface area contributed by atoms with E-state index in [0.717, 1.165) is 19.4 Å². The summed E-state index contributed by atoms with van der Waals surface area (Å²) in [6.45, 7) is 3.83. The van der Waals surface area contributed by atoms with Crippen molar-refractivity contribution < 1.29 is 8.42 Å². The lowest BCUT2D eigenvalue weighted by Gasteiger charge is -2.12. The first-order chi connectivity index (χ1) is 8.13. The molecule has 0 amide bonds. The van der Waals surface area contributed by atoms with Crippen LogP contribution in [0.3, 0.4) is 0 Å². The summed E-state index contributed by atoms with van der Waals surface area (Å²) in [7, 11) is -3.44. The molecule has 1 aromatic rings. The summed E-state index contributed by atoms with van der Waals surface area (Å²) in [5, 5.41) is 7.45. The van der Waals surface area contributed by atoms with Crippen LogP contribution >= 0.6 is 0 Å². The SMILES string of the molecule is CCn1nccc1S(=O)(=O)NCC1CCCN1. The predicted octanol–water partition coefficient (Wildman–Crippen LogP) is -0.0667. The second kappa shape index (κ2) is 5.16. The van der Waals surface area contributed by atoms with E-state index >= 15 is 0 Å². The Bertz CT molecular complexity index is 462. The van der Waals surface area contributed by atoms with Crippen molar-refractivity contribution in [1.82, 2.24) is 19.8 Å². The molecule has 2 N–H and O–H groups in total. The highest BCUT2D eigenvalue weighted by molar-refractivity contribution is 7.89. The summed E-state index contributed by atoms with van der Waals surface area (Å²) in [5.41, 5.74) is 0. The number of hydrogen-bond acceptors (Lipinski definition) is 4. The van der Waals surface area contributed by atoms with E-state index in [1.54, 1.807) is 0 Å². The maximum absolute atomic E-state index is 12.0. The highest BCUT2D eigenvalue weighted by Gasteiger charge is 2.21. The molecule has 1 saturated heterocycles. The average molecular weight is 258 g/mol. The fourth-order valence-corrected chi connectivity index (χ4v) is 3.26. The summed E-state index contributed by atoms with van der Waals surface area (Å²) in [5.74, 6) is 0. The maximum atomic E-state index is 12.0. The first kappa shape index (κ1) is 12.5. The third kappa shape index (κ3) is 2.85. The Morgan fingerprint density at radius 2 is 2.47 bits per heavy atom. The zero-order valence-corrected chi connectivity index (χ0v) is 10.7. The van der Waals surface area contributed by atoms with Gasteiger partial charge in [-0.3, -0.25) is 4.68 Å². The van der Waals surface area contributed by atoms with Gasteiger partial charge in [0.15, 0.2) is 5.03 Å². The molecule has 0 aromatic carbocycles. The highest BCUT2D eigenvalue weighted by Crippen LogP contribution is 2.09. The van der Waals surface area contributed by atoms with Crippen LogP contribution in [-0.2, 0) is 16.6 Å². The fourth-order valence-electron chi connectivity index (χ4n) is 2.00. The lowest BCUT2D eigenvalue weighted by molar-refractivity contribution is 0.528. The van der Waals surface area contributed by atoms with Gasteiger partial charge in [0.25, 0.3) is 10.0 Å². The normalized spacial score (nSPS) is 20.9. The Hall–Kier alpha value is -0.920. The second-order valence-electron chi connectivity index (χ2n) is 4.13. The molecule has 0 bridgehead atoms. The van der Waals surface area contributed by atoms with Crippen molar-refractivity contribution in [2.45, 2.75) is 37.4 Å². The molecule has 0 spiro atoms. The van der Waals surface area contributed by atoms with E-state index < -0.39 is 10.0 Å². The fraction of sp³-hybridized carbons (Fsp3) is 0.700. The van der Waals surface area contributed by atoms with Gasteiger partial charge in [-0.2, -0.15) is 5.10 Å². The molecule has 2 rings (SSSR count). The molecule has 1 fully saturated rings. The van der Waals surface area contributed by atoms with Gasteiger partial charge in [-0.15, -0.1) is 0 Å². The van der Waals surface area contributed by atoms with Gasteiger partial charge >= 0.3 is 0 Å². The molecule has 1 atom stereocenters. The molecule has 1 aliphatic heterocycles. The topological polar surface area (TPSA) is 76.0 Å². The summed E-state index contributed by atoms with van der Waals surface area (Å²) in [6.07, 6.45) is 3.64. The van der Waals surface area contributed by atoms with Crippen molar-refractivity contribution in [1.29, 1.82) is 0 Å². The number of rotatable bonds is 5. The van der Waals surface area contributed by atoms with Crippen LogP contribution in [0.4, 0.5) is 0 Å². The number of hydrogen-bond donors (Lipinski definition) is 2. The van der Waals surface area contributed by atoms with Crippen molar-refractivity contribution in [2.24, 2.45) is 0 Å². The molecule has 2 heterocycles.